The van der Waals surface area contributed by atoms with Gasteiger partial charge in [0.05, 0.1) is 19.8 Å². The Morgan fingerprint density at radius 3 is 2.45 bits per heavy atom. The number of ether oxygens (including phenoxy) is 2. The number of rotatable bonds is 9. The van der Waals surface area contributed by atoms with E-state index in [0.29, 0.717) is 17.8 Å². The zero-order valence-electron chi connectivity index (χ0n) is 17.9. The third-order valence-corrected chi connectivity index (χ3v) is 5.08. The van der Waals surface area contributed by atoms with Crippen molar-refractivity contribution in [1.29, 1.82) is 0 Å². The molecular weight excluding hydrogens is 396 g/mol. The molecule has 0 saturated carbocycles. The minimum Gasteiger partial charge on any atom is -0.479 e. The number of aromatic carboxylic acids is 1. The maximum Gasteiger partial charge on any atom is 0.360 e. The Morgan fingerprint density at radius 2 is 1.84 bits per heavy atom. The van der Waals surface area contributed by atoms with Gasteiger partial charge < -0.3 is 19.1 Å². The largest absolute Gasteiger partial charge is 0.479 e. The van der Waals surface area contributed by atoms with Gasteiger partial charge in [0.25, 0.3) is 0 Å². The zero-order valence-corrected chi connectivity index (χ0v) is 17.9. The quantitative estimate of drug-likeness (QED) is 0.513. The molecule has 3 rings (SSSR count). The number of imidazole rings is 1. The molecule has 0 spiro atoms. The number of benzene rings is 2. The zero-order chi connectivity index (χ0) is 22.4. The summed E-state index contributed by atoms with van der Waals surface area (Å²) in [5.74, 6) is -0.657. The van der Waals surface area contributed by atoms with E-state index in [1.54, 1.807) is 16.7 Å². The highest BCUT2D eigenvalue weighted by Gasteiger charge is 2.25. The Hall–Kier alpha value is -3.61. The Balaban J connectivity index is 2.07. The number of methoxy groups -OCH3 is 2. The van der Waals surface area contributed by atoms with Crippen LogP contribution in [0.25, 0.3) is 11.1 Å². The average Bonchev–Trinajstić information content (AvgIpc) is 3.14. The van der Waals surface area contributed by atoms with Crippen molar-refractivity contribution in [1.82, 2.24) is 9.55 Å². The van der Waals surface area contributed by atoms with Crippen molar-refractivity contribution in [3.05, 3.63) is 71.2 Å². The molecule has 0 aliphatic heterocycles. The number of hydrogen-bond acceptors (Lipinski definition) is 5. The van der Waals surface area contributed by atoms with Crippen LogP contribution in [0.1, 0.15) is 52.0 Å². The lowest BCUT2D eigenvalue weighted by molar-refractivity contribution is 0.0583. The van der Waals surface area contributed by atoms with Crippen LogP contribution in [0.5, 0.6) is 5.88 Å². The first-order valence-corrected chi connectivity index (χ1v) is 10.1. The lowest BCUT2D eigenvalue weighted by Crippen LogP contribution is -2.15. The van der Waals surface area contributed by atoms with E-state index in [9.17, 15) is 14.7 Å². The number of aryl methyl sites for hydroxylation is 1. The molecule has 1 aromatic heterocycles. The van der Waals surface area contributed by atoms with Gasteiger partial charge in [-0.25, -0.2) is 9.59 Å². The maximum atomic E-state index is 12.4. The number of nitrogens with zero attached hydrogens (tertiary/aromatic N) is 2. The minimum atomic E-state index is -1.01. The van der Waals surface area contributed by atoms with Crippen LogP contribution in [0.4, 0.5) is 0 Å². The van der Waals surface area contributed by atoms with Crippen molar-refractivity contribution in [3.63, 3.8) is 0 Å². The van der Waals surface area contributed by atoms with Crippen LogP contribution in [-0.2, 0) is 17.7 Å². The van der Waals surface area contributed by atoms with E-state index in [1.165, 1.54) is 14.2 Å². The molecule has 0 amide bonds. The van der Waals surface area contributed by atoms with E-state index in [4.69, 9.17) is 9.47 Å². The minimum absolute atomic E-state index is 0.200. The van der Waals surface area contributed by atoms with Gasteiger partial charge in [0.2, 0.25) is 5.88 Å². The lowest BCUT2D eigenvalue weighted by atomic mass is 9.97. The third kappa shape index (κ3) is 4.77. The molecule has 1 N–H and O–H groups in total. The van der Waals surface area contributed by atoms with Gasteiger partial charge in [-0.05, 0) is 29.2 Å². The molecule has 0 atom stereocenters. The Labute approximate surface area is 181 Å². The molecule has 2 aromatic carbocycles. The van der Waals surface area contributed by atoms with Crippen molar-refractivity contribution >= 4 is 11.9 Å². The van der Waals surface area contributed by atoms with Gasteiger partial charge in [0.15, 0.2) is 5.69 Å². The number of unbranched alkanes of at least 4 members (excludes halogenated alkanes) is 1. The fourth-order valence-corrected chi connectivity index (χ4v) is 3.53. The highest BCUT2D eigenvalue weighted by atomic mass is 16.5. The molecule has 0 unspecified atom stereocenters. The predicted molar refractivity (Wildman–Crippen MR) is 117 cm³/mol. The highest BCUT2D eigenvalue weighted by Crippen LogP contribution is 2.27. The highest BCUT2D eigenvalue weighted by molar-refractivity contribution is 5.96. The molecule has 1 heterocycles. The first kappa shape index (κ1) is 22.1. The van der Waals surface area contributed by atoms with Crippen LogP contribution < -0.4 is 4.74 Å². The molecule has 0 bridgehead atoms. The van der Waals surface area contributed by atoms with Crippen LogP contribution in [0.2, 0.25) is 0 Å². The van der Waals surface area contributed by atoms with Gasteiger partial charge in [-0.15, -0.1) is 0 Å². The number of esters is 1. The van der Waals surface area contributed by atoms with Crippen molar-refractivity contribution in [2.45, 2.75) is 32.7 Å². The molecule has 7 heteroatoms. The summed E-state index contributed by atoms with van der Waals surface area (Å²) in [6.45, 7) is 2.35. The van der Waals surface area contributed by atoms with Crippen LogP contribution >= 0.6 is 0 Å². The Morgan fingerprint density at radius 1 is 1.10 bits per heavy atom. The molecule has 0 saturated heterocycles. The summed E-state index contributed by atoms with van der Waals surface area (Å²) < 4.78 is 12.0. The summed E-state index contributed by atoms with van der Waals surface area (Å²) in [5.41, 5.74) is 2.62. The number of aromatic nitrogens is 2. The molecule has 0 aliphatic carbocycles. The summed E-state index contributed by atoms with van der Waals surface area (Å²) >= 11 is 0. The molecule has 0 radical (unpaired) electrons. The molecule has 31 heavy (non-hydrogen) atoms. The average molecular weight is 422 g/mol. The van der Waals surface area contributed by atoms with E-state index < -0.39 is 11.9 Å². The van der Waals surface area contributed by atoms with Gasteiger partial charge >= 0.3 is 11.9 Å². The fraction of sp³-hybridized carbons (Fsp3) is 0.292. The first-order chi connectivity index (χ1) is 15.0. The van der Waals surface area contributed by atoms with E-state index in [1.807, 2.05) is 36.4 Å². The van der Waals surface area contributed by atoms with Crippen LogP contribution in [0.3, 0.4) is 0 Å². The molecule has 3 aromatic rings. The summed E-state index contributed by atoms with van der Waals surface area (Å²) in [7, 11) is 2.77. The summed E-state index contributed by atoms with van der Waals surface area (Å²) in [5, 5.41) is 9.80. The normalized spacial score (nSPS) is 10.7. The van der Waals surface area contributed by atoms with Crippen LogP contribution in [0, 0.1) is 0 Å². The lowest BCUT2D eigenvalue weighted by Gasteiger charge is -2.13. The van der Waals surface area contributed by atoms with Crippen molar-refractivity contribution < 1.29 is 24.2 Å². The monoisotopic (exact) mass is 422 g/mol. The van der Waals surface area contributed by atoms with Gasteiger partial charge in [-0.1, -0.05) is 55.8 Å². The van der Waals surface area contributed by atoms with Crippen molar-refractivity contribution in [3.8, 4) is 17.0 Å². The SMILES string of the molecule is CCCCc1nc(OC)c(C(=O)OC)n1Cc1ccc(-c2ccccc2)c(C(=O)O)c1. The van der Waals surface area contributed by atoms with Crippen LogP contribution in [0.15, 0.2) is 48.5 Å². The summed E-state index contributed by atoms with van der Waals surface area (Å²) in [4.78, 5) is 28.9. The number of carbonyl (C=O) groups excluding carboxylic acids is 1. The van der Waals surface area contributed by atoms with Gasteiger partial charge in [-0.3, -0.25) is 0 Å². The van der Waals surface area contributed by atoms with E-state index in [-0.39, 0.29) is 23.7 Å². The van der Waals surface area contributed by atoms with Crippen molar-refractivity contribution in [2.24, 2.45) is 0 Å². The second-order valence-corrected chi connectivity index (χ2v) is 7.12. The van der Waals surface area contributed by atoms with Gasteiger partial charge in [-0.2, -0.15) is 4.98 Å². The predicted octanol–water partition coefficient (Wildman–Crippen LogP) is 4.43. The van der Waals surface area contributed by atoms with E-state index in [0.717, 1.165) is 24.0 Å². The standard InChI is InChI=1S/C24H26N2O5/c1-4-5-11-20-25-22(30-2)21(24(29)31-3)26(20)15-16-12-13-18(19(14-16)23(27)28)17-9-7-6-8-10-17/h6-10,12-14H,4-5,11,15H2,1-3H3,(H,27,28). The smallest absolute Gasteiger partial charge is 0.360 e. The second-order valence-electron chi connectivity index (χ2n) is 7.12. The molecule has 7 nitrogen and oxygen atoms in total. The van der Waals surface area contributed by atoms with E-state index >= 15 is 0 Å². The molecule has 0 fully saturated rings. The molecular formula is C24H26N2O5. The number of carbonyl (C=O) groups is 2. The summed E-state index contributed by atoms with van der Waals surface area (Å²) in [6.07, 6.45) is 2.53. The molecule has 162 valence electrons. The van der Waals surface area contributed by atoms with Gasteiger partial charge in [0.1, 0.15) is 5.82 Å². The summed E-state index contributed by atoms with van der Waals surface area (Å²) in [6, 6.07) is 14.7. The molecule has 0 aliphatic rings. The number of carboxylic acid groups (broad SMARTS) is 1. The third-order valence-electron chi connectivity index (χ3n) is 5.08. The maximum absolute atomic E-state index is 12.4. The fourth-order valence-electron chi connectivity index (χ4n) is 3.53. The Kier molecular flexibility index (Phi) is 7.07. The number of hydrogen-bond donors (Lipinski definition) is 1. The topological polar surface area (TPSA) is 90.7 Å². The van der Waals surface area contributed by atoms with Gasteiger partial charge in [0, 0.05) is 13.0 Å². The second kappa shape index (κ2) is 9.93. The number of carboxylic acids is 1. The van der Waals surface area contributed by atoms with E-state index in [2.05, 4.69) is 11.9 Å². The van der Waals surface area contributed by atoms with Crippen LogP contribution in [-0.4, -0.2) is 40.8 Å². The Bertz CT molecular complexity index is 1070. The van der Waals surface area contributed by atoms with Crippen molar-refractivity contribution in [2.75, 3.05) is 14.2 Å². The first-order valence-electron chi connectivity index (χ1n) is 10.1.